The number of H-pyrrole nitrogens is 1. The largest absolute Gasteiger partial charge is 0.263 e. The average Bonchev–Trinajstić information content (AvgIpc) is 2.90. The number of aromatic amines is 1. The van der Waals surface area contributed by atoms with E-state index in [-0.39, 0.29) is 6.54 Å². The average molecular weight is 302 g/mol. The minimum Gasteiger partial charge on any atom is -0.263 e. The molecule has 1 heterocycles. The lowest BCUT2D eigenvalue weighted by Crippen LogP contribution is -2.26. The lowest BCUT2D eigenvalue weighted by Gasteiger charge is -2.07. The van der Waals surface area contributed by atoms with Gasteiger partial charge in [0, 0.05) is 13.0 Å². The van der Waals surface area contributed by atoms with E-state index in [0.717, 1.165) is 12.1 Å². The van der Waals surface area contributed by atoms with Crippen molar-refractivity contribution in [1.29, 1.82) is 0 Å². The summed E-state index contributed by atoms with van der Waals surface area (Å²) >= 11 is 0. The Kier molecular flexibility index (Phi) is 4.40. The first-order chi connectivity index (χ1) is 9.49. The molecular weight excluding hydrogens is 290 g/mol. The summed E-state index contributed by atoms with van der Waals surface area (Å²) in [6, 6.07) is 2.28. The summed E-state index contributed by atoms with van der Waals surface area (Å²) < 4.78 is 52.2. The molecule has 0 spiro atoms. The molecule has 2 rings (SSSR count). The predicted molar refractivity (Wildman–Crippen MR) is 66.3 cm³/mol. The third-order valence-electron chi connectivity index (χ3n) is 2.53. The number of aromatic nitrogens is 3. The number of nitrogens with zero attached hydrogens (tertiary/aromatic N) is 2. The molecular formula is C11H12F2N4O2S. The lowest BCUT2D eigenvalue weighted by molar-refractivity contribution is 0.544. The van der Waals surface area contributed by atoms with Gasteiger partial charge in [0.1, 0.15) is 28.7 Å². The number of nitrogens with one attached hydrogen (secondary N) is 2. The third-order valence-corrected chi connectivity index (χ3v) is 4.01. The number of rotatable bonds is 6. The zero-order valence-electron chi connectivity index (χ0n) is 10.3. The topological polar surface area (TPSA) is 87.7 Å². The van der Waals surface area contributed by atoms with Gasteiger partial charge in [-0.2, -0.15) is 5.10 Å². The zero-order chi connectivity index (χ0) is 14.6. The van der Waals surface area contributed by atoms with Crippen LogP contribution in [0, 0.1) is 11.6 Å². The Morgan fingerprint density at radius 2 is 2.10 bits per heavy atom. The molecule has 0 bridgehead atoms. The van der Waals surface area contributed by atoms with Crippen LogP contribution in [0.25, 0.3) is 0 Å². The van der Waals surface area contributed by atoms with Gasteiger partial charge in [-0.15, -0.1) is 0 Å². The van der Waals surface area contributed by atoms with Gasteiger partial charge in [-0.05, 0) is 24.6 Å². The highest BCUT2D eigenvalue weighted by Gasteiger charge is 2.19. The van der Waals surface area contributed by atoms with E-state index < -0.39 is 26.6 Å². The van der Waals surface area contributed by atoms with Crippen molar-refractivity contribution in [2.75, 3.05) is 6.54 Å². The molecule has 0 radical (unpaired) electrons. The maximum atomic E-state index is 13.4. The summed E-state index contributed by atoms with van der Waals surface area (Å²) in [6.07, 6.45) is 2.29. The summed E-state index contributed by atoms with van der Waals surface area (Å²) in [7, 11) is -4.07. The van der Waals surface area contributed by atoms with Crippen molar-refractivity contribution in [2.24, 2.45) is 0 Å². The molecule has 0 unspecified atom stereocenters. The highest BCUT2D eigenvalue weighted by atomic mass is 32.2. The van der Waals surface area contributed by atoms with E-state index in [1.165, 1.54) is 6.33 Å². The molecule has 6 nitrogen and oxygen atoms in total. The standard InChI is InChI=1S/C11H12F2N4O2S/c12-8-3-4-9(13)10(6-8)20(18,19)16-5-1-2-11-14-7-15-17-11/h3-4,6-7,16H,1-2,5H2,(H,14,15,17). The van der Waals surface area contributed by atoms with Crippen molar-refractivity contribution in [3.05, 3.63) is 42.0 Å². The maximum Gasteiger partial charge on any atom is 0.243 e. The van der Waals surface area contributed by atoms with Crippen molar-refractivity contribution in [3.63, 3.8) is 0 Å². The minimum absolute atomic E-state index is 0.0823. The first kappa shape index (κ1) is 14.5. The van der Waals surface area contributed by atoms with Crippen LogP contribution in [0.2, 0.25) is 0 Å². The van der Waals surface area contributed by atoms with Crippen LogP contribution in [-0.4, -0.2) is 30.1 Å². The van der Waals surface area contributed by atoms with E-state index in [2.05, 4.69) is 19.9 Å². The Morgan fingerprint density at radius 3 is 2.80 bits per heavy atom. The Hall–Kier alpha value is -1.87. The molecule has 0 aliphatic heterocycles. The van der Waals surface area contributed by atoms with Gasteiger partial charge in [0.25, 0.3) is 0 Å². The van der Waals surface area contributed by atoms with Gasteiger partial charge >= 0.3 is 0 Å². The Morgan fingerprint density at radius 1 is 1.30 bits per heavy atom. The van der Waals surface area contributed by atoms with E-state index in [0.29, 0.717) is 24.7 Å². The van der Waals surface area contributed by atoms with Gasteiger partial charge < -0.3 is 0 Å². The van der Waals surface area contributed by atoms with Crippen LogP contribution in [0.4, 0.5) is 8.78 Å². The predicted octanol–water partition coefficient (Wildman–Crippen LogP) is 0.994. The first-order valence-corrected chi connectivity index (χ1v) is 7.26. The fraction of sp³-hybridized carbons (Fsp3) is 0.273. The van der Waals surface area contributed by atoms with Crippen molar-refractivity contribution < 1.29 is 17.2 Å². The quantitative estimate of drug-likeness (QED) is 0.779. The highest BCUT2D eigenvalue weighted by molar-refractivity contribution is 7.89. The molecule has 2 aromatic rings. The number of halogens is 2. The van der Waals surface area contributed by atoms with Crippen LogP contribution >= 0.6 is 0 Å². The van der Waals surface area contributed by atoms with Gasteiger partial charge in [-0.1, -0.05) is 0 Å². The van der Waals surface area contributed by atoms with E-state index in [1.54, 1.807) is 0 Å². The summed E-state index contributed by atoms with van der Waals surface area (Å²) in [5.41, 5.74) is 0. The second-order valence-corrected chi connectivity index (χ2v) is 5.74. The highest BCUT2D eigenvalue weighted by Crippen LogP contribution is 2.15. The number of aryl methyl sites for hydroxylation is 1. The van der Waals surface area contributed by atoms with Crippen molar-refractivity contribution in [1.82, 2.24) is 19.9 Å². The van der Waals surface area contributed by atoms with Crippen LogP contribution in [0.1, 0.15) is 12.2 Å². The van der Waals surface area contributed by atoms with Gasteiger partial charge in [0.15, 0.2) is 0 Å². The molecule has 0 saturated heterocycles. The van der Waals surface area contributed by atoms with Gasteiger partial charge in [-0.3, -0.25) is 5.10 Å². The van der Waals surface area contributed by atoms with Crippen LogP contribution in [-0.2, 0) is 16.4 Å². The van der Waals surface area contributed by atoms with E-state index in [4.69, 9.17) is 0 Å². The molecule has 1 aromatic carbocycles. The number of hydrogen-bond donors (Lipinski definition) is 2. The Balaban J connectivity index is 1.95. The first-order valence-electron chi connectivity index (χ1n) is 5.78. The molecule has 0 aliphatic carbocycles. The van der Waals surface area contributed by atoms with E-state index in [9.17, 15) is 17.2 Å². The molecule has 108 valence electrons. The number of hydrogen-bond acceptors (Lipinski definition) is 4. The van der Waals surface area contributed by atoms with Crippen LogP contribution in [0.3, 0.4) is 0 Å². The monoisotopic (exact) mass is 302 g/mol. The summed E-state index contributed by atoms with van der Waals surface area (Å²) in [4.78, 5) is 3.18. The molecule has 9 heteroatoms. The molecule has 20 heavy (non-hydrogen) atoms. The second kappa shape index (κ2) is 6.06. The smallest absolute Gasteiger partial charge is 0.243 e. The molecule has 0 fully saturated rings. The van der Waals surface area contributed by atoms with Crippen molar-refractivity contribution in [2.45, 2.75) is 17.7 Å². The van der Waals surface area contributed by atoms with Gasteiger partial charge in [0.2, 0.25) is 10.0 Å². The molecule has 0 atom stereocenters. The third kappa shape index (κ3) is 3.58. The van der Waals surface area contributed by atoms with E-state index >= 15 is 0 Å². The number of sulfonamides is 1. The molecule has 0 aliphatic rings. The second-order valence-electron chi connectivity index (χ2n) is 4.01. The van der Waals surface area contributed by atoms with Crippen LogP contribution in [0.5, 0.6) is 0 Å². The maximum absolute atomic E-state index is 13.4. The zero-order valence-corrected chi connectivity index (χ0v) is 11.1. The lowest BCUT2D eigenvalue weighted by atomic mass is 10.3. The van der Waals surface area contributed by atoms with Crippen LogP contribution in [0.15, 0.2) is 29.4 Å². The fourth-order valence-corrected chi connectivity index (χ4v) is 2.74. The van der Waals surface area contributed by atoms with E-state index in [1.807, 2.05) is 0 Å². The molecule has 0 saturated carbocycles. The molecule has 0 amide bonds. The summed E-state index contributed by atoms with van der Waals surface area (Å²) in [5, 5.41) is 6.29. The normalized spacial score (nSPS) is 11.7. The summed E-state index contributed by atoms with van der Waals surface area (Å²) in [6.45, 7) is 0.0823. The summed E-state index contributed by atoms with van der Waals surface area (Å²) in [5.74, 6) is -1.18. The van der Waals surface area contributed by atoms with Crippen LogP contribution < -0.4 is 4.72 Å². The SMILES string of the molecule is O=S(=O)(NCCCc1ncn[nH]1)c1cc(F)ccc1F. The van der Waals surface area contributed by atoms with Gasteiger partial charge in [-0.25, -0.2) is 26.9 Å². The van der Waals surface area contributed by atoms with Gasteiger partial charge in [0.05, 0.1) is 0 Å². The Labute approximate surface area is 114 Å². The molecule has 1 aromatic heterocycles. The van der Waals surface area contributed by atoms with Crippen molar-refractivity contribution >= 4 is 10.0 Å². The minimum atomic E-state index is -4.07. The van der Waals surface area contributed by atoms with Crippen molar-refractivity contribution in [3.8, 4) is 0 Å². The molecule has 2 N–H and O–H groups in total. The number of benzene rings is 1. The Bertz CT molecular complexity index is 674. The fourth-order valence-electron chi connectivity index (χ4n) is 1.57.